The quantitative estimate of drug-likeness (QED) is 0.579. The average molecular weight is 418 g/mol. The van der Waals surface area contributed by atoms with Gasteiger partial charge in [-0.1, -0.05) is 48.0 Å². The van der Waals surface area contributed by atoms with Crippen molar-refractivity contribution < 1.29 is 14.7 Å². The Morgan fingerprint density at radius 1 is 1.03 bits per heavy atom. The van der Waals surface area contributed by atoms with E-state index in [0.29, 0.717) is 12.1 Å². The van der Waals surface area contributed by atoms with Crippen molar-refractivity contribution in [1.82, 2.24) is 0 Å². The van der Waals surface area contributed by atoms with E-state index in [-0.39, 0.29) is 17.8 Å². The fourth-order valence-corrected chi connectivity index (χ4v) is 4.84. The molecule has 5 heteroatoms. The zero-order valence-electron chi connectivity index (χ0n) is 17.0. The largest absolute Gasteiger partial charge is 0.503 e. The first-order valence-corrected chi connectivity index (χ1v) is 10.8. The van der Waals surface area contributed by atoms with Crippen molar-refractivity contribution in [1.29, 1.82) is 0 Å². The second-order valence-corrected chi connectivity index (χ2v) is 8.50. The van der Waals surface area contributed by atoms with Crippen molar-refractivity contribution in [2.75, 3.05) is 4.90 Å². The van der Waals surface area contributed by atoms with Gasteiger partial charge >= 0.3 is 0 Å². The van der Waals surface area contributed by atoms with E-state index in [1.54, 1.807) is 4.90 Å². The molecule has 0 saturated carbocycles. The lowest BCUT2D eigenvalue weighted by Gasteiger charge is -2.26. The molecular weight excluding hydrogens is 394 g/mol. The van der Waals surface area contributed by atoms with E-state index in [1.165, 1.54) is 11.3 Å². The molecule has 1 aliphatic rings. The summed E-state index contributed by atoms with van der Waals surface area (Å²) >= 11 is 1.50. The van der Waals surface area contributed by atoms with Crippen molar-refractivity contribution in [3.05, 3.63) is 98.9 Å². The normalized spacial score (nSPS) is 16.4. The van der Waals surface area contributed by atoms with E-state index < -0.39 is 17.7 Å². The van der Waals surface area contributed by atoms with Crippen LogP contribution in [-0.2, 0) is 16.0 Å². The fraction of sp³-hybridized carbons (Fsp3) is 0.200. The number of hydrogen-bond acceptors (Lipinski definition) is 4. The number of Topliss-reactive ketones (excluding diaryl/α,β-unsaturated/α-hetero) is 1. The number of amides is 1. The molecular formula is C25H23NO3S. The van der Waals surface area contributed by atoms with E-state index in [9.17, 15) is 14.7 Å². The van der Waals surface area contributed by atoms with Crippen molar-refractivity contribution in [2.45, 2.75) is 32.7 Å². The third kappa shape index (κ3) is 3.68. The Labute approximate surface area is 180 Å². The van der Waals surface area contributed by atoms with E-state index in [0.717, 1.165) is 21.6 Å². The molecule has 1 unspecified atom stereocenters. The maximum Gasteiger partial charge on any atom is 0.294 e. The smallest absolute Gasteiger partial charge is 0.294 e. The Balaban J connectivity index is 1.71. The molecule has 1 amide bonds. The van der Waals surface area contributed by atoms with Crippen LogP contribution < -0.4 is 4.90 Å². The number of nitrogens with zero attached hydrogens (tertiary/aromatic N) is 1. The molecule has 0 aliphatic carbocycles. The van der Waals surface area contributed by atoms with Crippen LogP contribution in [-0.4, -0.2) is 16.8 Å². The topological polar surface area (TPSA) is 57.6 Å². The highest BCUT2D eigenvalue weighted by atomic mass is 32.1. The number of aliphatic hydroxyl groups excluding tert-OH is 1. The minimum absolute atomic E-state index is 0.196. The number of hydrogen-bond donors (Lipinski definition) is 1. The zero-order valence-corrected chi connectivity index (χ0v) is 17.8. The second-order valence-electron chi connectivity index (χ2n) is 7.55. The molecule has 1 N–H and O–H groups in total. The first-order chi connectivity index (χ1) is 14.5. The van der Waals surface area contributed by atoms with Crippen LogP contribution in [0, 0.1) is 13.8 Å². The molecule has 0 radical (unpaired) electrons. The molecule has 1 atom stereocenters. The molecule has 3 aromatic rings. The monoisotopic (exact) mass is 417 g/mol. The van der Waals surface area contributed by atoms with Gasteiger partial charge in [0, 0.05) is 17.0 Å². The summed E-state index contributed by atoms with van der Waals surface area (Å²) in [4.78, 5) is 28.7. The number of ketones is 1. The number of carbonyl (C=O) groups excluding carboxylic acids is 2. The van der Waals surface area contributed by atoms with E-state index in [2.05, 4.69) is 0 Å². The molecule has 0 bridgehead atoms. The van der Waals surface area contributed by atoms with Gasteiger partial charge in [-0.3, -0.25) is 14.5 Å². The Bertz CT molecular complexity index is 1110. The number of rotatable bonds is 6. The Kier molecular flexibility index (Phi) is 5.55. The van der Waals surface area contributed by atoms with Crippen molar-refractivity contribution in [2.24, 2.45) is 0 Å². The lowest BCUT2D eigenvalue weighted by Crippen LogP contribution is -2.30. The highest BCUT2D eigenvalue weighted by Gasteiger charge is 2.45. The average Bonchev–Trinajstić information content (AvgIpc) is 3.28. The Morgan fingerprint density at radius 2 is 1.73 bits per heavy atom. The highest BCUT2D eigenvalue weighted by molar-refractivity contribution is 7.10. The van der Waals surface area contributed by atoms with Crippen LogP contribution >= 0.6 is 11.3 Å². The molecule has 2 heterocycles. The van der Waals surface area contributed by atoms with Gasteiger partial charge in [0.1, 0.15) is 6.04 Å². The van der Waals surface area contributed by atoms with Crippen molar-refractivity contribution in [3.8, 4) is 0 Å². The number of carbonyl (C=O) groups is 2. The van der Waals surface area contributed by atoms with Gasteiger partial charge in [-0.05, 0) is 55.0 Å². The maximum absolute atomic E-state index is 13.2. The lowest BCUT2D eigenvalue weighted by atomic mass is 9.95. The Morgan fingerprint density at radius 3 is 2.37 bits per heavy atom. The molecule has 152 valence electrons. The van der Waals surface area contributed by atoms with Crippen LogP contribution in [0.1, 0.15) is 34.0 Å². The van der Waals surface area contributed by atoms with Gasteiger partial charge in [-0.25, -0.2) is 0 Å². The number of thiophene rings is 1. The van der Waals surface area contributed by atoms with Gasteiger partial charge in [0.25, 0.3) is 5.91 Å². The third-order valence-corrected chi connectivity index (χ3v) is 6.53. The van der Waals surface area contributed by atoms with Crippen LogP contribution in [0.4, 0.5) is 5.69 Å². The molecule has 1 aromatic heterocycles. The minimum atomic E-state index is -0.608. The molecule has 4 rings (SSSR count). The molecule has 4 nitrogen and oxygen atoms in total. The summed E-state index contributed by atoms with van der Waals surface area (Å²) in [5.41, 5.74) is 3.99. The molecule has 0 spiro atoms. The third-order valence-electron chi connectivity index (χ3n) is 5.45. The van der Waals surface area contributed by atoms with Crippen LogP contribution in [0.3, 0.4) is 0 Å². The van der Waals surface area contributed by atoms with E-state index in [4.69, 9.17) is 0 Å². The number of anilines is 1. The van der Waals surface area contributed by atoms with Crippen molar-refractivity contribution >= 4 is 28.7 Å². The van der Waals surface area contributed by atoms with Gasteiger partial charge < -0.3 is 5.11 Å². The van der Waals surface area contributed by atoms with Crippen LogP contribution in [0.2, 0.25) is 0 Å². The molecule has 0 saturated heterocycles. The summed E-state index contributed by atoms with van der Waals surface area (Å²) < 4.78 is 0. The second kappa shape index (κ2) is 8.28. The predicted octanol–water partition coefficient (Wildman–Crippen LogP) is 5.47. The highest BCUT2D eigenvalue weighted by Crippen LogP contribution is 2.44. The first-order valence-electron chi connectivity index (χ1n) is 9.92. The molecule has 30 heavy (non-hydrogen) atoms. The van der Waals surface area contributed by atoms with E-state index in [1.807, 2.05) is 79.9 Å². The lowest BCUT2D eigenvalue weighted by molar-refractivity contribution is -0.118. The van der Waals surface area contributed by atoms with E-state index >= 15 is 0 Å². The van der Waals surface area contributed by atoms with Gasteiger partial charge in [0.05, 0.1) is 5.57 Å². The fourth-order valence-electron chi connectivity index (χ4n) is 3.81. The number of aryl methyl sites for hydroxylation is 3. The Hall–Kier alpha value is -3.18. The van der Waals surface area contributed by atoms with Crippen molar-refractivity contribution in [3.63, 3.8) is 0 Å². The first kappa shape index (κ1) is 20.1. The van der Waals surface area contributed by atoms with Crippen LogP contribution in [0.25, 0.3) is 0 Å². The SMILES string of the molecule is Cc1ccc(N2C(=O)C(O)=C(C(=O)CCc3ccccc3)C2c2sccc2C)cc1. The summed E-state index contributed by atoms with van der Waals surface area (Å²) in [5.74, 6) is -1.16. The van der Waals surface area contributed by atoms with Crippen LogP contribution in [0.5, 0.6) is 0 Å². The molecule has 1 aliphatic heterocycles. The van der Waals surface area contributed by atoms with Crippen LogP contribution in [0.15, 0.2) is 77.4 Å². The molecule has 2 aromatic carbocycles. The summed E-state index contributed by atoms with van der Waals surface area (Å²) in [6.45, 7) is 3.94. The van der Waals surface area contributed by atoms with Gasteiger partial charge in [0.2, 0.25) is 0 Å². The summed E-state index contributed by atoms with van der Waals surface area (Å²) in [6, 6.07) is 18.7. The minimum Gasteiger partial charge on any atom is -0.503 e. The predicted molar refractivity (Wildman–Crippen MR) is 120 cm³/mol. The summed E-state index contributed by atoms with van der Waals surface area (Å²) in [6.07, 6.45) is 0.796. The molecule has 0 fully saturated rings. The summed E-state index contributed by atoms with van der Waals surface area (Å²) in [7, 11) is 0. The summed E-state index contributed by atoms with van der Waals surface area (Å²) in [5, 5.41) is 12.7. The van der Waals surface area contributed by atoms with Gasteiger partial charge in [-0.2, -0.15) is 0 Å². The van der Waals surface area contributed by atoms with Gasteiger partial charge in [0.15, 0.2) is 11.5 Å². The number of benzene rings is 2. The van der Waals surface area contributed by atoms with Gasteiger partial charge in [-0.15, -0.1) is 11.3 Å². The maximum atomic E-state index is 13.2. The zero-order chi connectivity index (χ0) is 21.3. The number of aliphatic hydroxyl groups is 1. The standard InChI is InChI=1S/C25H23NO3S/c1-16-8-11-19(12-9-16)26-22(24-17(2)14-15-30-24)21(23(28)25(26)29)20(27)13-10-18-6-4-3-5-7-18/h3-9,11-12,14-15,22,28H,10,13H2,1-2H3.